The van der Waals surface area contributed by atoms with Crippen LogP contribution in [0.2, 0.25) is 0 Å². The number of hydrogen-bond donors (Lipinski definition) is 5. The van der Waals surface area contributed by atoms with Crippen molar-refractivity contribution in [2.75, 3.05) is 18.4 Å². The highest BCUT2D eigenvalue weighted by molar-refractivity contribution is 5.99. The average Bonchev–Trinajstić information content (AvgIpc) is 3.38. The molecule has 2 aromatic carbocycles. The quantitative estimate of drug-likeness (QED) is 0.105. The van der Waals surface area contributed by atoms with Crippen LogP contribution >= 0.6 is 0 Å². The first-order chi connectivity index (χ1) is 18.6. The number of carbonyl (C=O) groups is 1. The summed E-state index contributed by atoms with van der Waals surface area (Å²) in [6, 6.07) is 19.7. The van der Waals surface area contributed by atoms with Gasteiger partial charge in [-0.1, -0.05) is 63.9 Å². The molecule has 0 saturated heterocycles. The van der Waals surface area contributed by atoms with E-state index in [9.17, 15) is 4.79 Å². The zero-order valence-corrected chi connectivity index (χ0v) is 22.6. The largest absolute Gasteiger partial charge is 0.351 e. The number of fused-ring (bicyclic) bond motifs is 1. The van der Waals surface area contributed by atoms with Crippen LogP contribution in [-0.2, 0) is 0 Å². The van der Waals surface area contributed by atoms with Gasteiger partial charge in [0.05, 0.1) is 5.69 Å². The normalized spacial score (nSPS) is 11.6. The summed E-state index contributed by atoms with van der Waals surface area (Å²) in [5.41, 5.74) is 4.14. The van der Waals surface area contributed by atoms with E-state index < -0.39 is 5.79 Å². The van der Waals surface area contributed by atoms with E-state index in [0.29, 0.717) is 11.6 Å². The van der Waals surface area contributed by atoms with E-state index in [1.165, 1.54) is 0 Å². The first-order valence-electron chi connectivity index (χ1n) is 13.7. The number of hydrogen-bond acceptors (Lipinski definition) is 6. The second kappa shape index (κ2) is 13.2. The number of aromatic nitrogens is 3. The third-order valence-electron chi connectivity index (χ3n) is 6.62. The van der Waals surface area contributed by atoms with Gasteiger partial charge in [0, 0.05) is 28.4 Å². The molecule has 200 valence electrons. The van der Waals surface area contributed by atoms with E-state index in [0.717, 1.165) is 73.0 Å². The maximum absolute atomic E-state index is 13.3. The first kappa shape index (κ1) is 27.3. The van der Waals surface area contributed by atoms with E-state index in [4.69, 9.17) is 0 Å². The van der Waals surface area contributed by atoms with E-state index >= 15 is 0 Å². The second-order valence-corrected chi connectivity index (χ2v) is 9.52. The van der Waals surface area contributed by atoms with Gasteiger partial charge in [-0.25, -0.2) is 9.97 Å². The highest BCUT2D eigenvalue weighted by Crippen LogP contribution is 2.24. The number of amides is 1. The summed E-state index contributed by atoms with van der Waals surface area (Å²) in [5.74, 6) is -0.278. The Bertz CT molecular complexity index is 1310. The van der Waals surface area contributed by atoms with Crippen LogP contribution < -0.4 is 21.3 Å². The third kappa shape index (κ3) is 6.96. The summed E-state index contributed by atoms with van der Waals surface area (Å²) < 4.78 is 0. The number of unbranched alkanes of at least 4 members (excludes halogenated alkanes) is 2. The molecule has 0 radical (unpaired) electrons. The fraction of sp³-hybridized carbons (Fsp3) is 0.367. The topological polar surface area (TPSA) is 107 Å². The van der Waals surface area contributed by atoms with Crippen LogP contribution in [0, 0.1) is 0 Å². The lowest BCUT2D eigenvalue weighted by atomic mass is 10.1. The molecule has 0 bridgehead atoms. The predicted octanol–water partition coefficient (Wildman–Crippen LogP) is 5.94. The number of rotatable bonds is 14. The lowest BCUT2D eigenvalue weighted by molar-refractivity contribution is 0.0826. The maximum atomic E-state index is 13.3. The zero-order chi connectivity index (χ0) is 26.8. The van der Waals surface area contributed by atoms with Gasteiger partial charge in [-0.3, -0.25) is 15.4 Å². The molecule has 1 amide bonds. The Morgan fingerprint density at radius 1 is 0.921 bits per heavy atom. The lowest BCUT2D eigenvalue weighted by Crippen LogP contribution is -2.67. The van der Waals surface area contributed by atoms with E-state index in [1.807, 2.05) is 60.7 Å². The van der Waals surface area contributed by atoms with Crippen molar-refractivity contribution in [3.8, 4) is 11.3 Å². The molecule has 0 aliphatic carbocycles. The summed E-state index contributed by atoms with van der Waals surface area (Å²) in [4.78, 5) is 25.6. The second-order valence-electron chi connectivity index (χ2n) is 9.52. The van der Waals surface area contributed by atoms with Gasteiger partial charge in [0.1, 0.15) is 11.5 Å². The van der Waals surface area contributed by atoms with Crippen LogP contribution in [0.4, 0.5) is 11.6 Å². The smallest absolute Gasteiger partial charge is 0.270 e. The van der Waals surface area contributed by atoms with Crippen LogP contribution in [-0.4, -0.2) is 39.7 Å². The molecule has 0 atom stereocenters. The lowest BCUT2D eigenvalue weighted by Gasteiger charge is -2.36. The molecule has 0 saturated carbocycles. The predicted molar refractivity (Wildman–Crippen MR) is 155 cm³/mol. The molecule has 0 unspecified atom stereocenters. The minimum Gasteiger partial charge on any atom is -0.351 e. The summed E-state index contributed by atoms with van der Waals surface area (Å²) in [6.07, 6.45) is 6.76. The van der Waals surface area contributed by atoms with Crippen molar-refractivity contribution in [2.45, 2.75) is 58.7 Å². The molecule has 38 heavy (non-hydrogen) atoms. The number of carbonyl (C=O) groups excluding carboxylic acids is 1. The Hall–Kier alpha value is -3.75. The molecule has 8 heteroatoms. The van der Waals surface area contributed by atoms with E-state index in [1.54, 1.807) is 6.20 Å². The Kier molecular flexibility index (Phi) is 9.46. The summed E-state index contributed by atoms with van der Waals surface area (Å²) in [6.45, 7) is 8.07. The molecule has 0 aliphatic heterocycles. The molecular formula is C30H39N7O. The van der Waals surface area contributed by atoms with Crippen molar-refractivity contribution in [3.63, 3.8) is 0 Å². The standard InChI is InChI=1S/C30H39N7O/c1-4-7-17-32-30(6-3,33-18-8-5-2)37-28(38)27-21-23-20-24(14-15-25(23)35-27)34-29-31-19-16-26(36-29)22-12-10-9-11-13-22/h9-16,19-21,32-33,35H,4-8,17-18H2,1-3H3,(H,37,38)(H,31,34,36). The zero-order valence-electron chi connectivity index (χ0n) is 22.6. The van der Waals surface area contributed by atoms with Gasteiger partial charge >= 0.3 is 0 Å². The fourth-order valence-electron chi connectivity index (χ4n) is 4.36. The number of aromatic amines is 1. The van der Waals surface area contributed by atoms with Crippen LogP contribution in [0.5, 0.6) is 0 Å². The minimum atomic E-state index is -0.646. The molecule has 5 N–H and O–H groups in total. The number of anilines is 2. The Morgan fingerprint density at radius 3 is 2.34 bits per heavy atom. The minimum absolute atomic E-state index is 0.149. The number of benzene rings is 2. The molecule has 4 aromatic rings. The Balaban J connectivity index is 1.49. The van der Waals surface area contributed by atoms with Gasteiger partial charge in [-0.05, 0) is 62.7 Å². The van der Waals surface area contributed by atoms with Crippen LogP contribution in [0.15, 0.2) is 66.9 Å². The highest BCUT2D eigenvalue weighted by Gasteiger charge is 2.29. The van der Waals surface area contributed by atoms with E-state index in [-0.39, 0.29) is 5.91 Å². The van der Waals surface area contributed by atoms with Gasteiger partial charge in [0.2, 0.25) is 5.95 Å². The third-order valence-corrected chi connectivity index (χ3v) is 6.62. The first-order valence-corrected chi connectivity index (χ1v) is 13.7. The number of nitrogens with one attached hydrogen (secondary N) is 5. The van der Waals surface area contributed by atoms with Gasteiger partial charge in [-0.2, -0.15) is 0 Å². The van der Waals surface area contributed by atoms with Crippen molar-refractivity contribution >= 4 is 28.4 Å². The molecular weight excluding hydrogens is 474 g/mol. The van der Waals surface area contributed by atoms with Crippen LogP contribution in [0.3, 0.4) is 0 Å². The van der Waals surface area contributed by atoms with Crippen LogP contribution in [0.25, 0.3) is 22.2 Å². The highest BCUT2D eigenvalue weighted by atomic mass is 16.2. The number of H-pyrrole nitrogens is 1. The SMILES string of the molecule is CCCCNC(CC)(NCCCC)NC(=O)c1cc2cc(Nc3nccc(-c4ccccc4)n3)ccc2[nH]1. The monoisotopic (exact) mass is 513 g/mol. The Morgan fingerprint density at radius 2 is 1.66 bits per heavy atom. The summed E-state index contributed by atoms with van der Waals surface area (Å²) in [5, 5.41) is 14.5. The molecule has 2 aromatic heterocycles. The van der Waals surface area contributed by atoms with Gasteiger partial charge < -0.3 is 15.6 Å². The van der Waals surface area contributed by atoms with Crippen molar-refractivity contribution < 1.29 is 4.79 Å². The van der Waals surface area contributed by atoms with Gasteiger partial charge in [0.15, 0.2) is 0 Å². The number of nitrogens with zero attached hydrogens (tertiary/aromatic N) is 2. The Labute approximate surface area is 225 Å². The summed E-state index contributed by atoms with van der Waals surface area (Å²) >= 11 is 0. The van der Waals surface area contributed by atoms with Crippen molar-refractivity contribution in [1.29, 1.82) is 0 Å². The average molecular weight is 514 g/mol. The maximum Gasteiger partial charge on any atom is 0.270 e. The van der Waals surface area contributed by atoms with Gasteiger partial charge in [0.25, 0.3) is 5.91 Å². The summed E-state index contributed by atoms with van der Waals surface area (Å²) in [7, 11) is 0. The molecule has 8 nitrogen and oxygen atoms in total. The van der Waals surface area contributed by atoms with E-state index in [2.05, 4.69) is 57.0 Å². The van der Waals surface area contributed by atoms with Crippen molar-refractivity contribution in [1.82, 2.24) is 30.9 Å². The molecule has 0 aliphatic rings. The molecule has 0 fully saturated rings. The fourth-order valence-corrected chi connectivity index (χ4v) is 4.36. The van der Waals surface area contributed by atoms with Crippen LogP contribution in [0.1, 0.15) is 63.4 Å². The molecule has 4 rings (SSSR count). The van der Waals surface area contributed by atoms with Crippen molar-refractivity contribution in [3.05, 3.63) is 72.6 Å². The van der Waals surface area contributed by atoms with Crippen molar-refractivity contribution in [2.24, 2.45) is 0 Å². The molecule has 2 heterocycles. The van der Waals surface area contributed by atoms with Gasteiger partial charge in [-0.15, -0.1) is 0 Å². The molecule has 0 spiro atoms.